The number of carboxylic acids is 1. The molecule has 0 bridgehead atoms. The molecule has 18 heavy (non-hydrogen) atoms. The summed E-state index contributed by atoms with van der Waals surface area (Å²) >= 11 is 0. The Kier molecular flexibility index (Phi) is 4.83. The van der Waals surface area contributed by atoms with Gasteiger partial charge in [0.05, 0.1) is 5.56 Å². The summed E-state index contributed by atoms with van der Waals surface area (Å²) in [6.07, 6.45) is 3.47. The number of rotatable bonds is 5. The zero-order valence-corrected chi connectivity index (χ0v) is 10.8. The molecule has 0 fully saturated rings. The summed E-state index contributed by atoms with van der Waals surface area (Å²) < 4.78 is 0. The maximum Gasteiger partial charge on any atom is 0.326 e. The second-order valence-corrected chi connectivity index (χ2v) is 4.74. The van der Waals surface area contributed by atoms with Crippen molar-refractivity contribution in [2.75, 3.05) is 0 Å². The predicted octanol–water partition coefficient (Wildman–Crippen LogP) is 1.62. The van der Waals surface area contributed by atoms with E-state index in [1.807, 2.05) is 20.8 Å². The van der Waals surface area contributed by atoms with Crippen molar-refractivity contribution in [3.63, 3.8) is 0 Å². The van der Waals surface area contributed by atoms with Crippen molar-refractivity contribution in [3.05, 3.63) is 29.6 Å². The molecule has 0 saturated carbocycles. The Morgan fingerprint density at radius 2 is 2.06 bits per heavy atom. The van der Waals surface area contributed by atoms with Gasteiger partial charge in [0, 0.05) is 12.4 Å². The van der Waals surface area contributed by atoms with E-state index in [9.17, 15) is 9.59 Å². The van der Waals surface area contributed by atoms with Crippen molar-refractivity contribution in [1.29, 1.82) is 0 Å². The molecule has 0 saturated heterocycles. The minimum Gasteiger partial charge on any atom is -0.480 e. The molecule has 0 aliphatic heterocycles. The summed E-state index contributed by atoms with van der Waals surface area (Å²) in [5.41, 5.74) is 1.24. The Morgan fingerprint density at radius 1 is 1.39 bits per heavy atom. The van der Waals surface area contributed by atoms with Gasteiger partial charge in [-0.05, 0) is 30.9 Å². The Bertz CT molecular complexity index is 444. The molecular formula is C13H18N2O3. The van der Waals surface area contributed by atoms with E-state index >= 15 is 0 Å². The zero-order valence-electron chi connectivity index (χ0n) is 10.8. The fraction of sp³-hybridized carbons (Fsp3) is 0.462. The van der Waals surface area contributed by atoms with E-state index in [4.69, 9.17) is 5.11 Å². The molecule has 5 nitrogen and oxygen atoms in total. The van der Waals surface area contributed by atoms with Crippen LogP contribution in [0, 0.1) is 12.8 Å². The van der Waals surface area contributed by atoms with Crippen molar-refractivity contribution in [2.24, 2.45) is 5.92 Å². The number of carbonyl (C=O) groups is 2. The van der Waals surface area contributed by atoms with E-state index in [1.54, 1.807) is 12.3 Å². The van der Waals surface area contributed by atoms with Crippen molar-refractivity contribution in [3.8, 4) is 0 Å². The number of carboxylic acid groups (broad SMARTS) is 1. The molecule has 2 N–H and O–H groups in total. The van der Waals surface area contributed by atoms with Crippen molar-refractivity contribution in [2.45, 2.75) is 33.2 Å². The number of aryl methyl sites for hydroxylation is 1. The summed E-state index contributed by atoms with van der Waals surface area (Å²) in [4.78, 5) is 26.8. The largest absolute Gasteiger partial charge is 0.480 e. The van der Waals surface area contributed by atoms with Crippen molar-refractivity contribution >= 4 is 11.9 Å². The summed E-state index contributed by atoms with van der Waals surface area (Å²) in [5, 5.41) is 11.6. The smallest absolute Gasteiger partial charge is 0.326 e. The maximum atomic E-state index is 11.9. The third-order valence-corrected chi connectivity index (χ3v) is 2.45. The predicted molar refractivity (Wildman–Crippen MR) is 67.3 cm³/mol. The van der Waals surface area contributed by atoms with Gasteiger partial charge in [-0.15, -0.1) is 0 Å². The summed E-state index contributed by atoms with van der Waals surface area (Å²) in [6, 6.07) is 0.814. The Balaban J connectivity index is 2.75. The van der Waals surface area contributed by atoms with E-state index in [0.717, 1.165) is 5.56 Å². The average molecular weight is 250 g/mol. The lowest BCUT2D eigenvalue weighted by Gasteiger charge is -2.16. The van der Waals surface area contributed by atoms with Crippen LogP contribution >= 0.6 is 0 Å². The van der Waals surface area contributed by atoms with Gasteiger partial charge in [-0.2, -0.15) is 0 Å². The third-order valence-electron chi connectivity index (χ3n) is 2.45. The molecule has 1 atom stereocenters. The molecule has 1 rings (SSSR count). The molecule has 0 aromatic carbocycles. The maximum absolute atomic E-state index is 11.9. The van der Waals surface area contributed by atoms with Crippen LogP contribution in [0.25, 0.3) is 0 Å². The van der Waals surface area contributed by atoms with Crippen LogP contribution in [-0.2, 0) is 4.79 Å². The lowest BCUT2D eigenvalue weighted by molar-refractivity contribution is -0.139. The van der Waals surface area contributed by atoms with Crippen LogP contribution in [0.2, 0.25) is 0 Å². The monoisotopic (exact) mass is 250 g/mol. The molecule has 1 aromatic heterocycles. The van der Waals surface area contributed by atoms with Crippen LogP contribution in [0.4, 0.5) is 0 Å². The highest BCUT2D eigenvalue weighted by molar-refractivity contribution is 5.96. The first-order valence-electron chi connectivity index (χ1n) is 5.85. The van der Waals surface area contributed by atoms with Gasteiger partial charge in [0.25, 0.3) is 5.91 Å². The molecule has 0 radical (unpaired) electrons. The highest BCUT2D eigenvalue weighted by Crippen LogP contribution is 2.07. The Labute approximate surface area is 106 Å². The molecule has 1 heterocycles. The molecular weight excluding hydrogens is 232 g/mol. The van der Waals surface area contributed by atoms with Crippen LogP contribution in [0.5, 0.6) is 0 Å². The van der Waals surface area contributed by atoms with Gasteiger partial charge in [-0.3, -0.25) is 9.78 Å². The van der Waals surface area contributed by atoms with Crippen LogP contribution < -0.4 is 5.32 Å². The van der Waals surface area contributed by atoms with E-state index in [-0.39, 0.29) is 5.92 Å². The Morgan fingerprint density at radius 3 is 2.56 bits per heavy atom. The number of pyridine rings is 1. The molecule has 0 aliphatic carbocycles. The molecule has 1 amide bonds. The number of aromatic nitrogens is 1. The number of hydrogen-bond acceptors (Lipinski definition) is 3. The topological polar surface area (TPSA) is 79.3 Å². The summed E-state index contributed by atoms with van der Waals surface area (Å²) in [7, 11) is 0. The highest BCUT2D eigenvalue weighted by atomic mass is 16.4. The number of nitrogens with zero attached hydrogens (tertiary/aromatic N) is 1. The zero-order chi connectivity index (χ0) is 13.7. The van der Waals surface area contributed by atoms with Gasteiger partial charge >= 0.3 is 5.97 Å². The standard InChI is InChI=1S/C13H18N2O3/c1-8(2)4-11(13(17)18)15-12(16)10-5-9(3)6-14-7-10/h5-8,11H,4H2,1-3H3,(H,15,16)(H,17,18)/t11-/m1/s1. The average Bonchev–Trinajstić information content (AvgIpc) is 2.27. The number of amides is 1. The SMILES string of the molecule is Cc1cncc(C(=O)N[C@H](CC(C)C)C(=O)O)c1. The van der Waals surface area contributed by atoms with Gasteiger partial charge in [0.2, 0.25) is 0 Å². The van der Waals surface area contributed by atoms with Crippen molar-refractivity contribution in [1.82, 2.24) is 10.3 Å². The van der Waals surface area contributed by atoms with Crippen LogP contribution in [-0.4, -0.2) is 28.0 Å². The van der Waals surface area contributed by atoms with E-state index in [1.165, 1.54) is 6.20 Å². The summed E-state index contributed by atoms with van der Waals surface area (Å²) in [5.74, 6) is -1.22. The number of aliphatic carboxylic acids is 1. The minimum absolute atomic E-state index is 0.196. The fourth-order valence-electron chi connectivity index (χ4n) is 1.61. The minimum atomic E-state index is -1.02. The van der Waals surface area contributed by atoms with Crippen LogP contribution in [0.15, 0.2) is 18.5 Å². The molecule has 1 aromatic rings. The molecule has 98 valence electrons. The van der Waals surface area contributed by atoms with Gasteiger partial charge < -0.3 is 10.4 Å². The number of carbonyl (C=O) groups excluding carboxylic acids is 1. The molecule has 5 heteroatoms. The van der Waals surface area contributed by atoms with Crippen LogP contribution in [0.1, 0.15) is 36.2 Å². The van der Waals surface area contributed by atoms with E-state index in [0.29, 0.717) is 12.0 Å². The van der Waals surface area contributed by atoms with Gasteiger partial charge in [-0.1, -0.05) is 13.8 Å². The third kappa shape index (κ3) is 4.16. The van der Waals surface area contributed by atoms with Gasteiger partial charge in [-0.25, -0.2) is 4.79 Å². The lowest BCUT2D eigenvalue weighted by atomic mass is 10.0. The highest BCUT2D eigenvalue weighted by Gasteiger charge is 2.21. The first-order chi connectivity index (χ1) is 8.40. The second kappa shape index (κ2) is 6.14. The lowest BCUT2D eigenvalue weighted by Crippen LogP contribution is -2.41. The fourth-order valence-corrected chi connectivity index (χ4v) is 1.61. The molecule has 0 aliphatic rings. The number of nitrogens with one attached hydrogen (secondary N) is 1. The first kappa shape index (κ1) is 14.2. The summed E-state index contributed by atoms with van der Waals surface area (Å²) in [6.45, 7) is 5.65. The normalized spacial score (nSPS) is 12.2. The van der Waals surface area contributed by atoms with E-state index < -0.39 is 17.9 Å². The van der Waals surface area contributed by atoms with Gasteiger partial charge in [0.15, 0.2) is 0 Å². The second-order valence-electron chi connectivity index (χ2n) is 4.74. The van der Waals surface area contributed by atoms with Crippen molar-refractivity contribution < 1.29 is 14.7 Å². The Hall–Kier alpha value is -1.91. The number of hydrogen-bond donors (Lipinski definition) is 2. The quantitative estimate of drug-likeness (QED) is 0.832. The first-order valence-corrected chi connectivity index (χ1v) is 5.85. The molecule has 0 unspecified atom stereocenters. The van der Waals surface area contributed by atoms with E-state index in [2.05, 4.69) is 10.3 Å². The molecule has 0 spiro atoms. The van der Waals surface area contributed by atoms with Gasteiger partial charge in [0.1, 0.15) is 6.04 Å². The van der Waals surface area contributed by atoms with Crippen LogP contribution in [0.3, 0.4) is 0 Å².